The molecule has 0 bridgehead atoms. The van der Waals surface area contributed by atoms with Gasteiger partial charge < -0.3 is 10.5 Å². The lowest BCUT2D eigenvalue weighted by molar-refractivity contribution is 0.414. The number of nitrogens with two attached hydrogens (primary N) is 1. The van der Waals surface area contributed by atoms with Crippen molar-refractivity contribution in [1.82, 2.24) is 4.98 Å². The quantitative estimate of drug-likeness (QED) is 0.887. The highest BCUT2D eigenvalue weighted by Gasteiger charge is 2.08. The summed E-state index contributed by atoms with van der Waals surface area (Å²) in [6.07, 6.45) is 1.54. The molecular formula is C13H13ClN2O. The van der Waals surface area contributed by atoms with E-state index in [0.29, 0.717) is 10.8 Å². The second kappa shape index (κ2) is 4.63. The summed E-state index contributed by atoms with van der Waals surface area (Å²) in [6, 6.07) is 7.62. The van der Waals surface area contributed by atoms with Crippen LogP contribution >= 0.6 is 11.6 Å². The van der Waals surface area contributed by atoms with Crippen LogP contribution in [-0.4, -0.2) is 12.1 Å². The van der Waals surface area contributed by atoms with Crippen molar-refractivity contribution in [2.75, 3.05) is 12.8 Å². The van der Waals surface area contributed by atoms with E-state index in [0.717, 1.165) is 22.4 Å². The Morgan fingerprint density at radius 2 is 2.00 bits per heavy atom. The topological polar surface area (TPSA) is 48.1 Å². The highest BCUT2D eigenvalue weighted by molar-refractivity contribution is 6.30. The number of anilines is 1. The molecule has 2 rings (SSSR count). The fourth-order valence-electron chi connectivity index (χ4n) is 1.73. The number of halogens is 1. The standard InChI is InChI=1S/C13H13ClN2O/c1-8-5-10(17-2)3-4-11(8)12-6-9(14)7-16-13(12)15/h3-7H,1-2H3,(H2,15,16). The summed E-state index contributed by atoms with van der Waals surface area (Å²) in [5.41, 5.74) is 8.79. The molecule has 0 aliphatic heterocycles. The number of hydrogen-bond donors (Lipinski definition) is 1. The molecule has 2 N–H and O–H groups in total. The molecule has 0 radical (unpaired) electrons. The van der Waals surface area contributed by atoms with E-state index in [1.807, 2.05) is 31.2 Å². The molecule has 4 heteroatoms. The first-order chi connectivity index (χ1) is 8.11. The number of methoxy groups -OCH3 is 1. The average Bonchev–Trinajstić information content (AvgIpc) is 2.32. The van der Waals surface area contributed by atoms with Crippen LogP contribution in [0.1, 0.15) is 5.56 Å². The number of aryl methyl sites for hydroxylation is 1. The minimum Gasteiger partial charge on any atom is -0.497 e. The van der Waals surface area contributed by atoms with Gasteiger partial charge in [0.25, 0.3) is 0 Å². The lowest BCUT2D eigenvalue weighted by Gasteiger charge is -2.10. The Labute approximate surface area is 105 Å². The van der Waals surface area contributed by atoms with Gasteiger partial charge in [-0.25, -0.2) is 4.98 Å². The number of aromatic nitrogens is 1. The maximum absolute atomic E-state index is 5.93. The summed E-state index contributed by atoms with van der Waals surface area (Å²) in [5.74, 6) is 1.29. The molecule has 17 heavy (non-hydrogen) atoms. The van der Waals surface area contributed by atoms with E-state index in [1.165, 1.54) is 0 Å². The van der Waals surface area contributed by atoms with Crippen molar-refractivity contribution in [2.45, 2.75) is 6.92 Å². The Kier molecular flexibility index (Phi) is 3.20. The normalized spacial score (nSPS) is 10.3. The molecule has 0 unspecified atom stereocenters. The molecule has 0 fully saturated rings. The first kappa shape index (κ1) is 11.7. The first-order valence-electron chi connectivity index (χ1n) is 5.18. The lowest BCUT2D eigenvalue weighted by Crippen LogP contribution is -1.95. The number of hydrogen-bond acceptors (Lipinski definition) is 3. The molecule has 0 aliphatic carbocycles. The van der Waals surface area contributed by atoms with Crippen LogP contribution in [-0.2, 0) is 0 Å². The van der Waals surface area contributed by atoms with Gasteiger partial charge in [-0.1, -0.05) is 17.7 Å². The summed E-state index contributed by atoms with van der Waals surface area (Å²) in [5, 5.41) is 0.574. The summed E-state index contributed by atoms with van der Waals surface area (Å²) >= 11 is 5.93. The van der Waals surface area contributed by atoms with Gasteiger partial charge in [-0.3, -0.25) is 0 Å². The highest BCUT2D eigenvalue weighted by atomic mass is 35.5. The lowest BCUT2D eigenvalue weighted by atomic mass is 10.0. The molecule has 2 aromatic rings. The molecule has 1 aromatic heterocycles. The Morgan fingerprint density at radius 1 is 1.24 bits per heavy atom. The first-order valence-corrected chi connectivity index (χ1v) is 5.55. The molecule has 1 heterocycles. The molecule has 0 amide bonds. The van der Waals surface area contributed by atoms with Crippen LogP contribution in [0.15, 0.2) is 30.5 Å². The van der Waals surface area contributed by atoms with E-state index in [1.54, 1.807) is 13.3 Å². The minimum absolute atomic E-state index is 0.475. The van der Waals surface area contributed by atoms with E-state index in [2.05, 4.69) is 4.98 Å². The van der Waals surface area contributed by atoms with Gasteiger partial charge in [0.1, 0.15) is 11.6 Å². The Hall–Kier alpha value is -1.74. The van der Waals surface area contributed by atoms with Gasteiger partial charge in [0.15, 0.2) is 0 Å². The number of nitrogen functional groups attached to an aromatic ring is 1. The van der Waals surface area contributed by atoms with E-state index >= 15 is 0 Å². The molecule has 3 nitrogen and oxygen atoms in total. The highest BCUT2D eigenvalue weighted by Crippen LogP contribution is 2.31. The summed E-state index contributed by atoms with van der Waals surface area (Å²) in [6.45, 7) is 2.00. The zero-order valence-corrected chi connectivity index (χ0v) is 10.5. The number of benzene rings is 1. The van der Waals surface area contributed by atoms with Crippen molar-refractivity contribution in [2.24, 2.45) is 0 Å². The van der Waals surface area contributed by atoms with Gasteiger partial charge >= 0.3 is 0 Å². The molecule has 0 spiro atoms. The third-order valence-corrected chi connectivity index (χ3v) is 2.82. The van der Waals surface area contributed by atoms with Gasteiger partial charge in [-0.05, 0) is 36.2 Å². The third-order valence-electron chi connectivity index (χ3n) is 2.61. The van der Waals surface area contributed by atoms with Gasteiger partial charge in [0.05, 0.1) is 12.1 Å². The molecular weight excluding hydrogens is 236 g/mol. The van der Waals surface area contributed by atoms with Crippen LogP contribution in [0.5, 0.6) is 5.75 Å². The second-order valence-corrected chi connectivity index (χ2v) is 4.20. The third kappa shape index (κ3) is 2.34. The van der Waals surface area contributed by atoms with Gasteiger partial charge in [0, 0.05) is 11.8 Å². The molecule has 88 valence electrons. The Bertz CT molecular complexity index is 555. The largest absolute Gasteiger partial charge is 0.497 e. The van der Waals surface area contributed by atoms with Crippen LogP contribution in [0.25, 0.3) is 11.1 Å². The zero-order valence-electron chi connectivity index (χ0n) is 9.70. The molecule has 0 saturated carbocycles. The fraction of sp³-hybridized carbons (Fsp3) is 0.154. The van der Waals surface area contributed by atoms with E-state index in [4.69, 9.17) is 22.1 Å². The van der Waals surface area contributed by atoms with Crippen LogP contribution in [0, 0.1) is 6.92 Å². The number of pyridine rings is 1. The summed E-state index contributed by atoms with van der Waals surface area (Å²) < 4.78 is 5.17. The predicted octanol–water partition coefficient (Wildman–Crippen LogP) is 3.30. The summed E-state index contributed by atoms with van der Waals surface area (Å²) in [4.78, 5) is 4.05. The summed E-state index contributed by atoms with van der Waals surface area (Å²) in [7, 11) is 1.64. The Morgan fingerprint density at radius 3 is 2.65 bits per heavy atom. The van der Waals surface area contributed by atoms with Gasteiger partial charge in [-0.15, -0.1) is 0 Å². The zero-order chi connectivity index (χ0) is 12.4. The van der Waals surface area contributed by atoms with Crippen molar-refractivity contribution in [1.29, 1.82) is 0 Å². The van der Waals surface area contributed by atoms with Crippen molar-refractivity contribution in [3.05, 3.63) is 41.0 Å². The maximum Gasteiger partial charge on any atom is 0.131 e. The molecule has 0 saturated heterocycles. The van der Waals surface area contributed by atoms with Crippen LogP contribution in [0.4, 0.5) is 5.82 Å². The number of rotatable bonds is 2. The van der Waals surface area contributed by atoms with Crippen LogP contribution < -0.4 is 10.5 Å². The van der Waals surface area contributed by atoms with Crippen molar-refractivity contribution in [3.8, 4) is 16.9 Å². The van der Waals surface area contributed by atoms with E-state index < -0.39 is 0 Å². The monoisotopic (exact) mass is 248 g/mol. The average molecular weight is 249 g/mol. The molecule has 0 aliphatic rings. The predicted molar refractivity (Wildman–Crippen MR) is 70.4 cm³/mol. The van der Waals surface area contributed by atoms with E-state index in [9.17, 15) is 0 Å². The van der Waals surface area contributed by atoms with Crippen LogP contribution in [0.3, 0.4) is 0 Å². The fourth-order valence-corrected chi connectivity index (χ4v) is 1.89. The van der Waals surface area contributed by atoms with Crippen molar-refractivity contribution < 1.29 is 4.74 Å². The van der Waals surface area contributed by atoms with Gasteiger partial charge in [0.2, 0.25) is 0 Å². The number of nitrogens with zero attached hydrogens (tertiary/aromatic N) is 1. The van der Waals surface area contributed by atoms with E-state index in [-0.39, 0.29) is 0 Å². The second-order valence-electron chi connectivity index (χ2n) is 3.77. The molecule has 1 aromatic carbocycles. The Balaban J connectivity index is 2.56. The van der Waals surface area contributed by atoms with Crippen molar-refractivity contribution in [3.63, 3.8) is 0 Å². The SMILES string of the molecule is COc1ccc(-c2cc(Cl)cnc2N)c(C)c1. The maximum atomic E-state index is 5.93. The van der Waals surface area contributed by atoms with Crippen LogP contribution in [0.2, 0.25) is 5.02 Å². The number of ether oxygens (including phenoxy) is 1. The van der Waals surface area contributed by atoms with Gasteiger partial charge in [-0.2, -0.15) is 0 Å². The van der Waals surface area contributed by atoms with Crippen molar-refractivity contribution >= 4 is 17.4 Å². The minimum atomic E-state index is 0.475. The molecule has 0 atom stereocenters. The smallest absolute Gasteiger partial charge is 0.131 e.